The topological polar surface area (TPSA) is 37.3 Å². The molecule has 0 radical (unpaired) electrons. The van der Waals surface area contributed by atoms with Gasteiger partial charge in [-0.1, -0.05) is 30.3 Å². The highest BCUT2D eigenvalue weighted by Gasteiger charge is 2.31. The second-order valence-electron chi connectivity index (χ2n) is 4.53. The van der Waals surface area contributed by atoms with Gasteiger partial charge in [-0.3, -0.25) is 4.79 Å². The van der Waals surface area contributed by atoms with Crippen LogP contribution in [0.1, 0.15) is 36.5 Å². The number of rotatable bonds is 2. The molecule has 0 heterocycles. The molecule has 1 fully saturated rings. The molecule has 1 N–H and O–H groups in total. The van der Waals surface area contributed by atoms with E-state index in [2.05, 4.69) is 0 Å². The van der Waals surface area contributed by atoms with Crippen LogP contribution in [0.4, 0.5) is 0 Å². The van der Waals surface area contributed by atoms with Gasteiger partial charge in [0, 0.05) is 5.56 Å². The van der Waals surface area contributed by atoms with Crippen LogP contribution in [0, 0.1) is 0 Å². The summed E-state index contributed by atoms with van der Waals surface area (Å²) in [6, 6.07) is 9.17. The van der Waals surface area contributed by atoms with Crippen LogP contribution in [0.15, 0.2) is 42.0 Å². The summed E-state index contributed by atoms with van der Waals surface area (Å²) in [6.07, 6.45) is 4.13. The minimum atomic E-state index is -0.787. The van der Waals surface area contributed by atoms with Crippen molar-refractivity contribution in [1.82, 2.24) is 0 Å². The summed E-state index contributed by atoms with van der Waals surface area (Å²) in [5.41, 5.74) is 0.754. The molecule has 0 bridgehead atoms. The fraction of sp³-hybridized carbons (Fsp3) is 0.357. The average Bonchev–Trinajstić information content (AvgIpc) is 2.59. The Hall–Kier alpha value is -1.41. The lowest BCUT2D eigenvalue weighted by Crippen LogP contribution is -2.21. The van der Waals surface area contributed by atoms with E-state index in [1.807, 2.05) is 18.2 Å². The molecule has 0 aliphatic heterocycles. The Balaban J connectivity index is 2.22. The highest BCUT2D eigenvalue weighted by molar-refractivity contribution is 6.05. The van der Waals surface area contributed by atoms with E-state index in [-0.39, 0.29) is 5.78 Å². The maximum absolute atomic E-state index is 11.9. The monoisotopic (exact) mass is 216 g/mol. The van der Waals surface area contributed by atoms with Crippen molar-refractivity contribution in [2.45, 2.75) is 31.8 Å². The molecule has 1 unspecified atom stereocenters. The predicted molar refractivity (Wildman–Crippen MR) is 63.3 cm³/mol. The molecule has 1 aromatic carbocycles. The van der Waals surface area contributed by atoms with Crippen molar-refractivity contribution in [3.05, 3.63) is 47.5 Å². The van der Waals surface area contributed by atoms with Crippen molar-refractivity contribution >= 4 is 5.78 Å². The molecular formula is C14H16O2. The zero-order valence-corrected chi connectivity index (χ0v) is 9.44. The molecule has 0 spiro atoms. The third-order valence-corrected chi connectivity index (χ3v) is 3.17. The standard InChI is InChI=1S/C14H16O2/c1-14(16)9-5-8-12(14)10-13(15)11-6-3-2-4-7-11/h2-4,6-7,10,16H,5,8-9H2,1H3. The molecule has 0 amide bonds. The molecule has 0 saturated heterocycles. The van der Waals surface area contributed by atoms with E-state index in [1.54, 1.807) is 25.1 Å². The molecular weight excluding hydrogens is 200 g/mol. The number of hydrogen-bond donors (Lipinski definition) is 1. The van der Waals surface area contributed by atoms with Crippen LogP contribution in [0.2, 0.25) is 0 Å². The third kappa shape index (κ3) is 2.22. The smallest absolute Gasteiger partial charge is 0.185 e. The molecule has 1 atom stereocenters. The number of benzene rings is 1. The van der Waals surface area contributed by atoms with Crippen LogP contribution in [-0.4, -0.2) is 16.5 Å². The van der Waals surface area contributed by atoms with E-state index in [0.717, 1.165) is 24.8 Å². The summed E-state index contributed by atoms with van der Waals surface area (Å²) < 4.78 is 0. The van der Waals surface area contributed by atoms with Crippen molar-refractivity contribution in [1.29, 1.82) is 0 Å². The van der Waals surface area contributed by atoms with E-state index >= 15 is 0 Å². The Morgan fingerprint density at radius 3 is 2.62 bits per heavy atom. The highest BCUT2D eigenvalue weighted by Crippen LogP contribution is 2.34. The van der Waals surface area contributed by atoms with Crippen molar-refractivity contribution in [2.24, 2.45) is 0 Å². The lowest BCUT2D eigenvalue weighted by Gasteiger charge is -2.17. The fourth-order valence-electron chi connectivity index (χ4n) is 2.12. The molecule has 2 heteroatoms. The molecule has 84 valence electrons. The van der Waals surface area contributed by atoms with Gasteiger partial charge in [0.2, 0.25) is 0 Å². The van der Waals surface area contributed by atoms with Gasteiger partial charge in [-0.25, -0.2) is 0 Å². The van der Waals surface area contributed by atoms with Crippen LogP contribution in [-0.2, 0) is 0 Å². The Labute approximate surface area is 95.6 Å². The summed E-state index contributed by atoms with van der Waals surface area (Å²) >= 11 is 0. The second-order valence-corrected chi connectivity index (χ2v) is 4.53. The van der Waals surface area contributed by atoms with E-state index in [9.17, 15) is 9.90 Å². The molecule has 1 aliphatic carbocycles. The van der Waals surface area contributed by atoms with Gasteiger partial charge in [0.1, 0.15) is 0 Å². The molecule has 2 nitrogen and oxygen atoms in total. The van der Waals surface area contributed by atoms with Gasteiger partial charge in [-0.15, -0.1) is 0 Å². The summed E-state index contributed by atoms with van der Waals surface area (Å²) in [5.74, 6) is -0.0159. The van der Waals surface area contributed by atoms with Crippen molar-refractivity contribution in [2.75, 3.05) is 0 Å². The summed E-state index contributed by atoms with van der Waals surface area (Å²) in [6.45, 7) is 1.78. The SMILES string of the molecule is CC1(O)CCCC1=CC(=O)c1ccccc1. The van der Waals surface area contributed by atoms with Gasteiger partial charge < -0.3 is 5.11 Å². The number of aliphatic hydroxyl groups is 1. The zero-order chi connectivity index (χ0) is 11.6. The van der Waals surface area contributed by atoms with Gasteiger partial charge in [0.05, 0.1) is 5.60 Å². The average molecular weight is 216 g/mol. The molecule has 1 aromatic rings. The normalized spacial score (nSPS) is 27.2. The Morgan fingerprint density at radius 1 is 1.38 bits per heavy atom. The first-order chi connectivity index (χ1) is 7.59. The van der Waals surface area contributed by atoms with Gasteiger partial charge in [-0.05, 0) is 37.8 Å². The number of ketones is 1. The zero-order valence-electron chi connectivity index (χ0n) is 9.44. The Bertz CT molecular complexity index is 416. The first kappa shape index (κ1) is 11.1. The highest BCUT2D eigenvalue weighted by atomic mass is 16.3. The maximum atomic E-state index is 11.9. The number of allylic oxidation sites excluding steroid dienone is 1. The maximum Gasteiger partial charge on any atom is 0.185 e. The van der Waals surface area contributed by atoms with Crippen LogP contribution >= 0.6 is 0 Å². The predicted octanol–water partition coefficient (Wildman–Crippen LogP) is 2.73. The van der Waals surface area contributed by atoms with Gasteiger partial charge in [0.15, 0.2) is 5.78 Å². The third-order valence-electron chi connectivity index (χ3n) is 3.17. The van der Waals surface area contributed by atoms with Crippen molar-refractivity contribution in [3.8, 4) is 0 Å². The van der Waals surface area contributed by atoms with E-state index in [4.69, 9.17) is 0 Å². The minimum absolute atomic E-state index is 0.0159. The first-order valence-electron chi connectivity index (χ1n) is 5.62. The largest absolute Gasteiger partial charge is 0.386 e. The summed E-state index contributed by atoms with van der Waals surface area (Å²) in [4.78, 5) is 11.9. The van der Waals surface area contributed by atoms with Crippen LogP contribution in [0.3, 0.4) is 0 Å². The Morgan fingerprint density at radius 2 is 2.06 bits per heavy atom. The van der Waals surface area contributed by atoms with Gasteiger partial charge in [0.25, 0.3) is 0 Å². The van der Waals surface area contributed by atoms with E-state index < -0.39 is 5.60 Å². The second kappa shape index (κ2) is 4.22. The quantitative estimate of drug-likeness (QED) is 0.609. The molecule has 1 aliphatic rings. The van der Waals surface area contributed by atoms with Crippen molar-refractivity contribution < 1.29 is 9.90 Å². The summed E-state index contributed by atoms with van der Waals surface area (Å²) in [5, 5.41) is 10.0. The molecule has 16 heavy (non-hydrogen) atoms. The molecule has 1 saturated carbocycles. The van der Waals surface area contributed by atoms with Crippen LogP contribution in [0.5, 0.6) is 0 Å². The number of hydrogen-bond acceptors (Lipinski definition) is 2. The lowest BCUT2D eigenvalue weighted by molar-refractivity contribution is 0.0985. The lowest BCUT2D eigenvalue weighted by atomic mass is 9.97. The van der Waals surface area contributed by atoms with Gasteiger partial charge in [-0.2, -0.15) is 0 Å². The fourth-order valence-corrected chi connectivity index (χ4v) is 2.12. The first-order valence-corrected chi connectivity index (χ1v) is 5.62. The van der Waals surface area contributed by atoms with Crippen LogP contribution in [0.25, 0.3) is 0 Å². The summed E-state index contributed by atoms with van der Waals surface area (Å²) in [7, 11) is 0. The number of carbonyl (C=O) groups is 1. The molecule has 2 rings (SSSR count). The van der Waals surface area contributed by atoms with Crippen molar-refractivity contribution in [3.63, 3.8) is 0 Å². The van der Waals surface area contributed by atoms with Gasteiger partial charge >= 0.3 is 0 Å². The van der Waals surface area contributed by atoms with E-state index in [1.165, 1.54) is 0 Å². The van der Waals surface area contributed by atoms with Crippen LogP contribution < -0.4 is 0 Å². The number of carbonyl (C=O) groups excluding carboxylic acids is 1. The Kier molecular flexibility index (Phi) is 2.92. The van der Waals surface area contributed by atoms with E-state index in [0.29, 0.717) is 5.56 Å². The minimum Gasteiger partial charge on any atom is -0.386 e. The molecule has 0 aromatic heterocycles.